The molecule has 0 fully saturated rings. The standard InChI is InChI=1S/C11H15N3O/c1-15-7-6-14-10-2-3-11(13)9(8-10)4-5-12/h2-3,8,14H,4,6-7,13H2,1H3. The Morgan fingerprint density at radius 2 is 2.33 bits per heavy atom. The van der Waals surface area contributed by atoms with Gasteiger partial charge >= 0.3 is 0 Å². The molecule has 1 aromatic rings. The van der Waals surface area contributed by atoms with Crippen molar-refractivity contribution in [2.75, 3.05) is 31.3 Å². The van der Waals surface area contributed by atoms with Crippen molar-refractivity contribution in [1.82, 2.24) is 0 Å². The maximum Gasteiger partial charge on any atom is 0.0670 e. The molecule has 0 aromatic heterocycles. The van der Waals surface area contributed by atoms with Crippen LogP contribution in [0, 0.1) is 11.3 Å². The predicted molar refractivity (Wildman–Crippen MR) is 60.5 cm³/mol. The zero-order valence-electron chi connectivity index (χ0n) is 8.79. The Kier molecular flexibility index (Phi) is 4.45. The summed E-state index contributed by atoms with van der Waals surface area (Å²) in [4.78, 5) is 0. The number of nitrogens with zero attached hydrogens (tertiary/aromatic N) is 1. The van der Waals surface area contributed by atoms with Crippen molar-refractivity contribution in [3.63, 3.8) is 0 Å². The summed E-state index contributed by atoms with van der Waals surface area (Å²) in [6, 6.07) is 7.69. The highest BCUT2D eigenvalue weighted by molar-refractivity contribution is 5.57. The van der Waals surface area contributed by atoms with Gasteiger partial charge in [-0.1, -0.05) is 0 Å². The lowest BCUT2D eigenvalue weighted by Gasteiger charge is -2.08. The van der Waals surface area contributed by atoms with E-state index in [4.69, 9.17) is 15.7 Å². The number of nitrogen functional groups attached to an aromatic ring is 1. The van der Waals surface area contributed by atoms with Crippen LogP contribution in [0.15, 0.2) is 18.2 Å². The molecule has 0 amide bonds. The van der Waals surface area contributed by atoms with Gasteiger partial charge in [0.25, 0.3) is 0 Å². The summed E-state index contributed by atoms with van der Waals surface area (Å²) >= 11 is 0. The zero-order chi connectivity index (χ0) is 11.1. The van der Waals surface area contributed by atoms with Crippen molar-refractivity contribution in [2.24, 2.45) is 0 Å². The van der Waals surface area contributed by atoms with Crippen LogP contribution in [0.4, 0.5) is 11.4 Å². The van der Waals surface area contributed by atoms with Crippen LogP contribution in [-0.2, 0) is 11.2 Å². The quantitative estimate of drug-likeness (QED) is 0.563. The Labute approximate surface area is 89.7 Å². The zero-order valence-corrected chi connectivity index (χ0v) is 8.79. The highest BCUT2D eigenvalue weighted by Gasteiger charge is 2.00. The minimum absolute atomic E-state index is 0.339. The van der Waals surface area contributed by atoms with Crippen LogP contribution in [-0.4, -0.2) is 20.3 Å². The smallest absolute Gasteiger partial charge is 0.0670 e. The molecule has 4 nitrogen and oxygen atoms in total. The first-order valence-corrected chi connectivity index (χ1v) is 4.76. The van der Waals surface area contributed by atoms with Gasteiger partial charge in [-0.05, 0) is 23.8 Å². The van der Waals surface area contributed by atoms with Gasteiger partial charge in [-0.2, -0.15) is 5.26 Å². The fourth-order valence-corrected chi connectivity index (χ4v) is 1.25. The second-order valence-corrected chi connectivity index (χ2v) is 3.17. The molecule has 0 aliphatic heterocycles. The van der Waals surface area contributed by atoms with Crippen molar-refractivity contribution in [3.05, 3.63) is 23.8 Å². The number of ether oxygens (including phenoxy) is 1. The van der Waals surface area contributed by atoms with E-state index in [1.807, 2.05) is 18.2 Å². The SMILES string of the molecule is COCCNc1ccc(N)c(CC#N)c1. The number of rotatable bonds is 5. The van der Waals surface area contributed by atoms with Gasteiger partial charge in [0, 0.05) is 25.0 Å². The molecule has 0 atom stereocenters. The summed E-state index contributed by atoms with van der Waals surface area (Å²) in [5.41, 5.74) is 8.21. The van der Waals surface area contributed by atoms with E-state index in [0.29, 0.717) is 18.7 Å². The summed E-state index contributed by atoms with van der Waals surface area (Å²) in [6.45, 7) is 1.39. The maximum atomic E-state index is 8.60. The molecule has 0 aliphatic carbocycles. The average molecular weight is 205 g/mol. The van der Waals surface area contributed by atoms with Gasteiger partial charge in [0.2, 0.25) is 0 Å². The highest BCUT2D eigenvalue weighted by Crippen LogP contribution is 2.17. The summed E-state index contributed by atoms with van der Waals surface area (Å²) < 4.78 is 4.93. The molecule has 0 saturated carbocycles. The molecule has 0 aliphatic rings. The number of benzene rings is 1. The van der Waals surface area contributed by atoms with Gasteiger partial charge in [-0.15, -0.1) is 0 Å². The van der Waals surface area contributed by atoms with Gasteiger partial charge in [0.15, 0.2) is 0 Å². The summed E-state index contributed by atoms with van der Waals surface area (Å²) in [5.74, 6) is 0. The summed E-state index contributed by atoms with van der Waals surface area (Å²) in [6.07, 6.45) is 0.339. The molecule has 4 heteroatoms. The van der Waals surface area contributed by atoms with Crippen molar-refractivity contribution in [3.8, 4) is 6.07 Å². The van der Waals surface area contributed by atoms with Crippen molar-refractivity contribution in [1.29, 1.82) is 5.26 Å². The molecule has 80 valence electrons. The van der Waals surface area contributed by atoms with E-state index in [9.17, 15) is 0 Å². The summed E-state index contributed by atoms with van der Waals surface area (Å²) in [5, 5.41) is 11.8. The molecule has 1 aromatic carbocycles. The second kappa shape index (κ2) is 5.89. The lowest BCUT2D eigenvalue weighted by Crippen LogP contribution is -2.08. The van der Waals surface area contributed by atoms with Crippen LogP contribution in [0.2, 0.25) is 0 Å². The van der Waals surface area contributed by atoms with Gasteiger partial charge in [0.1, 0.15) is 0 Å². The monoisotopic (exact) mass is 205 g/mol. The topological polar surface area (TPSA) is 71.1 Å². The van der Waals surface area contributed by atoms with Crippen LogP contribution >= 0.6 is 0 Å². The Bertz CT molecular complexity index is 357. The molecule has 0 radical (unpaired) electrons. The van der Waals surface area contributed by atoms with Gasteiger partial charge in [-0.3, -0.25) is 0 Å². The van der Waals surface area contributed by atoms with E-state index in [-0.39, 0.29) is 0 Å². The Morgan fingerprint density at radius 1 is 1.53 bits per heavy atom. The lowest BCUT2D eigenvalue weighted by molar-refractivity contribution is 0.211. The molecular formula is C11H15N3O. The van der Waals surface area contributed by atoms with Gasteiger partial charge in [-0.25, -0.2) is 0 Å². The van der Waals surface area contributed by atoms with Crippen LogP contribution in [0.5, 0.6) is 0 Å². The van der Waals surface area contributed by atoms with Crippen LogP contribution in [0.3, 0.4) is 0 Å². The molecule has 15 heavy (non-hydrogen) atoms. The summed E-state index contributed by atoms with van der Waals surface area (Å²) in [7, 11) is 1.66. The number of nitrogens with two attached hydrogens (primary N) is 1. The van der Waals surface area contributed by atoms with Crippen LogP contribution in [0.1, 0.15) is 5.56 Å². The van der Waals surface area contributed by atoms with E-state index < -0.39 is 0 Å². The highest BCUT2D eigenvalue weighted by atomic mass is 16.5. The first kappa shape index (κ1) is 11.3. The first-order chi connectivity index (χ1) is 7.27. The van der Waals surface area contributed by atoms with Crippen LogP contribution < -0.4 is 11.1 Å². The van der Waals surface area contributed by atoms with Crippen LogP contribution in [0.25, 0.3) is 0 Å². The molecule has 3 N–H and O–H groups in total. The Balaban J connectivity index is 2.66. The Morgan fingerprint density at radius 3 is 3.00 bits per heavy atom. The maximum absolute atomic E-state index is 8.60. The Hall–Kier alpha value is -1.73. The predicted octanol–water partition coefficient (Wildman–Crippen LogP) is 1.39. The van der Waals surface area contributed by atoms with Crippen molar-refractivity contribution >= 4 is 11.4 Å². The third-order valence-corrected chi connectivity index (χ3v) is 2.05. The largest absolute Gasteiger partial charge is 0.398 e. The number of nitrogens with one attached hydrogen (secondary N) is 1. The third-order valence-electron chi connectivity index (χ3n) is 2.05. The third kappa shape index (κ3) is 3.49. The second-order valence-electron chi connectivity index (χ2n) is 3.17. The number of methoxy groups -OCH3 is 1. The first-order valence-electron chi connectivity index (χ1n) is 4.76. The molecule has 0 heterocycles. The minimum atomic E-state index is 0.339. The molecule has 0 spiro atoms. The average Bonchev–Trinajstić information content (AvgIpc) is 2.23. The van der Waals surface area contributed by atoms with E-state index >= 15 is 0 Å². The molecule has 1 rings (SSSR count). The molecule has 0 saturated heterocycles. The van der Waals surface area contributed by atoms with E-state index in [2.05, 4.69) is 11.4 Å². The lowest BCUT2D eigenvalue weighted by atomic mass is 10.1. The number of anilines is 2. The van der Waals surface area contributed by atoms with Crippen molar-refractivity contribution < 1.29 is 4.74 Å². The van der Waals surface area contributed by atoms with E-state index in [1.165, 1.54) is 0 Å². The molecular weight excluding hydrogens is 190 g/mol. The molecule has 0 unspecified atom stereocenters. The van der Waals surface area contributed by atoms with Crippen molar-refractivity contribution in [2.45, 2.75) is 6.42 Å². The van der Waals surface area contributed by atoms with E-state index in [0.717, 1.165) is 17.8 Å². The molecule has 0 bridgehead atoms. The van der Waals surface area contributed by atoms with E-state index in [1.54, 1.807) is 7.11 Å². The van der Waals surface area contributed by atoms with Gasteiger partial charge in [0.05, 0.1) is 19.1 Å². The minimum Gasteiger partial charge on any atom is -0.398 e. The number of nitriles is 1. The fraction of sp³-hybridized carbons (Fsp3) is 0.364. The number of hydrogen-bond acceptors (Lipinski definition) is 4. The number of hydrogen-bond donors (Lipinski definition) is 2. The van der Waals surface area contributed by atoms with Gasteiger partial charge < -0.3 is 15.8 Å². The fourth-order valence-electron chi connectivity index (χ4n) is 1.25. The normalized spacial score (nSPS) is 9.60.